The number of carboxylic acid groups (broad SMARTS) is 2. The maximum atomic E-state index is 14.1. The predicted molar refractivity (Wildman–Crippen MR) is 486 cm³/mol. The Balaban J connectivity index is 1.25. The Bertz CT molecular complexity index is 3480. The van der Waals surface area contributed by atoms with E-state index in [-0.39, 0.29) is 6.42 Å². The third-order valence-electron chi connectivity index (χ3n) is 26.3. The van der Waals surface area contributed by atoms with Gasteiger partial charge >= 0.3 is 17.9 Å². The van der Waals surface area contributed by atoms with Crippen LogP contribution < -0.4 is 21.3 Å². The first-order chi connectivity index (χ1) is 65.9. The lowest BCUT2D eigenvalue weighted by Crippen LogP contribution is -2.72. The van der Waals surface area contributed by atoms with Gasteiger partial charge in [-0.05, 0) is 19.3 Å². The van der Waals surface area contributed by atoms with E-state index < -0.39 is 308 Å². The van der Waals surface area contributed by atoms with Crippen molar-refractivity contribution in [3.8, 4) is 0 Å². The van der Waals surface area contributed by atoms with Crippen LogP contribution in [0.25, 0.3) is 0 Å². The number of hydrogen-bond acceptors (Lipinski definition) is 38. The Kier molecular flexibility index (Phi) is 56.3. The molecule has 6 aliphatic heterocycles. The molecule has 6 fully saturated rings. The number of ether oxygens (including phenoxy) is 13. The zero-order chi connectivity index (χ0) is 102. The van der Waals surface area contributed by atoms with Gasteiger partial charge in [-0.1, -0.05) is 231 Å². The van der Waals surface area contributed by atoms with Crippen LogP contribution in [0, 0.1) is 0 Å². The lowest BCUT2D eigenvalue weighted by atomic mass is 9.88. The van der Waals surface area contributed by atoms with E-state index in [1.54, 1.807) is 6.08 Å². The molecule has 44 nitrogen and oxygen atoms in total. The summed E-state index contributed by atoms with van der Waals surface area (Å²) < 4.78 is 77.5. The Labute approximate surface area is 808 Å². The highest BCUT2D eigenvalue weighted by Crippen LogP contribution is 2.44. The number of aliphatic hydroxyl groups excluding tert-OH is 18. The molecular formula is C94H166N4O40. The molecule has 4 amide bonds. The summed E-state index contributed by atoms with van der Waals surface area (Å²) in [5, 5.41) is 239. The number of carbonyl (C=O) groups excluding carboxylic acids is 5. The fourth-order valence-electron chi connectivity index (χ4n) is 18.5. The van der Waals surface area contributed by atoms with Crippen LogP contribution in [0.1, 0.15) is 286 Å². The van der Waals surface area contributed by atoms with Crippen LogP contribution in [0.5, 0.6) is 0 Å². The number of hydrogen-bond donors (Lipinski definition) is 24. The van der Waals surface area contributed by atoms with Crippen LogP contribution in [0.3, 0.4) is 0 Å². The van der Waals surface area contributed by atoms with Crippen molar-refractivity contribution in [3.63, 3.8) is 0 Å². The van der Waals surface area contributed by atoms with Crippen LogP contribution in [-0.2, 0) is 95.1 Å². The third-order valence-corrected chi connectivity index (χ3v) is 26.3. The highest BCUT2D eigenvalue weighted by molar-refractivity contribution is 5.78. The molecule has 12 unspecified atom stereocenters. The number of nitrogens with one attached hydrogen (secondary N) is 4. The minimum absolute atomic E-state index is 0.0930. The summed E-state index contributed by atoms with van der Waals surface area (Å²) in [5.41, 5.74) is 0. The van der Waals surface area contributed by atoms with Crippen LogP contribution >= 0.6 is 0 Å². The zero-order valence-corrected chi connectivity index (χ0v) is 81.1. The number of unbranched alkanes of at least 4 members (excludes halogenated alkanes) is 33. The summed E-state index contributed by atoms with van der Waals surface area (Å²) in [4.78, 5) is 91.8. The molecule has 6 rings (SSSR count). The van der Waals surface area contributed by atoms with E-state index in [0.29, 0.717) is 12.8 Å². The number of amides is 4. The van der Waals surface area contributed by atoms with E-state index in [4.69, 9.17) is 61.6 Å². The van der Waals surface area contributed by atoms with E-state index in [1.807, 2.05) is 0 Å². The van der Waals surface area contributed by atoms with Crippen molar-refractivity contribution in [2.24, 2.45) is 0 Å². The van der Waals surface area contributed by atoms with Gasteiger partial charge in [-0.15, -0.1) is 0 Å². The first-order valence-electron chi connectivity index (χ1n) is 50.1. The van der Waals surface area contributed by atoms with E-state index in [1.165, 1.54) is 154 Å². The molecule has 44 heteroatoms. The van der Waals surface area contributed by atoms with Gasteiger partial charge in [-0.25, -0.2) is 9.59 Å². The fourth-order valence-corrected chi connectivity index (χ4v) is 18.5. The number of aliphatic hydroxyl groups is 18. The molecule has 24 N–H and O–H groups in total. The Morgan fingerprint density at radius 1 is 0.391 bits per heavy atom. The maximum absolute atomic E-state index is 14.1. The van der Waals surface area contributed by atoms with Gasteiger partial charge in [0, 0.05) is 47.0 Å². The normalized spacial score (nSPS) is 33.2. The fraction of sp³-hybridized carbons (Fsp3) is 0.904. The highest BCUT2D eigenvalue weighted by atomic mass is 16.8. The van der Waals surface area contributed by atoms with Crippen molar-refractivity contribution in [1.29, 1.82) is 0 Å². The highest BCUT2D eigenvalue weighted by Gasteiger charge is 2.64. The maximum Gasteiger partial charge on any atom is 0.364 e. The Morgan fingerprint density at radius 2 is 0.754 bits per heavy atom. The Morgan fingerprint density at radius 3 is 1.17 bits per heavy atom. The quantitative estimate of drug-likeness (QED) is 0.0213. The summed E-state index contributed by atoms with van der Waals surface area (Å²) in [7, 11) is 0. The second-order valence-electron chi connectivity index (χ2n) is 37.7. The standard InChI is InChI=1S/C94H166N4O40/c1-7-9-11-13-15-17-19-21-22-23-24-25-26-27-28-29-30-32-34-36-38-40-42-44-68(113)98-58(59(108)43-41-39-37-35-33-31-20-18-16-14-12-10-8-2)52-127-88-77(119)76(118)80(66(50-102)130-88)132-90-79(121)86(138-94(92(124)125)46-61(110)69(95-54(3)104)83(135-94)72(114)62(111)47-99)81(67(51-103)131-90)133-87-71(97-56(5)106)82(74(116)64(48-100)128-87)134-89-78(120)85(75(117)65(49-101)129-89)137-93(91(122)123)45-60(109)70(96-55(4)105)84(136-93)73(115)63(112)53-126-57(6)107/h41,43,58-67,69-90,99-103,108-112,114-121H,7-40,42,44-53H2,1-6H3,(H,95,104)(H,96,105)(H,97,106)(H,98,113)(H,122,123)(H,124,125)/b43-41+/t58-,59+,60?,61?,62+,63+,64?,65?,66?,67?,69+,70+,71?,72+,73+,74-,75-,76+,77?,78?,79?,80+,81-,82+,83?,84?,85-,86+,87-,88+,89-,90-,93-,94-/m0/s1. The third kappa shape index (κ3) is 38.0. The minimum atomic E-state index is -3.51. The van der Waals surface area contributed by atoms with Gasteiger partial charge < -0.3 is 185 Å². The molecule has 802 valence electrons. The smallest absolute Gasteiger partial charge is 0.364 e. The molecule has 6 saturated heterocycles. The lowest BCUT2D eigenvalue weighted by Gasteiger charge is -2.53. The van der Waals surface area contributed by atoms with E-state index in [0.717, 1.165) is 91.9 Å². The molecule has 0 radical (unpaired) electrons. The monoisotopic (exact) mass is 1990 g/mol. The second kappa shape index (κ2) is 64.0. The summed E-state index contributed by atoms with van der Waals surface area (Å²) in [5.74, 6) is -15.6. The zero-order valence-electron chi connectivity index (χ0n) is 81.1. The summed E-state index contributed by atoms with van der Waals surface area (Å²) in [6, 6.07) is -7.01. The first-order valence-corrected chi connectivity index (χ1v) is 50.1. The number of carbonyl (C=O) groups is 7. The van der Waals surface area contributed by atoms with Gasteiger partial charge in [-0.3, -0.25) is 24.0 Å². The lowest BCUT2D eigenvalue weighted by molar-refractivity contribution is -0.405. The van der Waals surface area contributed by atoms with Crippen molar-refractivity contribution < 1.29 is 197 Å². The molecule has 0 aromatic heterocycles. The summed E-state index contributed by atoms with van der Waals surface area (Å²) in [6.07, 6.45) is -21.7. The summed E-state index contributed by atoms with van der Waals surface area (Å²) >= 11 is 0. The largest absolute Gasteiger partial charge is 0.477 e. The van der Waals surface area contributed by atoms with E-state index >= 15 is 0 Å². The number of rotatable bonds is 68. The molecule has 138 heavy (non-hydrogen) atoms. The average Bonchev–Trinajstić information content (AvgIpc) is 0.746. The van der Waals surface area contributed by atoms with Crippen LogP contribution in [0.15, 0.2) is 12.2 Å². The van der Waals surface area contributed by atoms with E-state index in [9.17, 15) is 136 Å². The number of aliphatic carboxylic acids is 2. The molecular weight excluding hydrogens is 1830 g/mol. The van der Waals surface area contributed by atoms with Crippen molar-refractivity contribution in [3.05, 3.63) is 12.2 Å². The SMILES string of the molecule is CCCCCCCCCCCCC/C=C/[C@@H](O)[C@H](CO[C@@H]1OC(CO)[C@@H](O[C@@H]2OC(CO)[C@H](O[C@@H]3OC(CO)[C@H](O)[C@H](O[C@@H]4OC(CO)[C@H](O)[C@H](O[C@]5(C(=O)O)CC(O)[C@@H](NC(C)=O)C([C@H](O)[C@H](O)COC(C)=O)O5)C4O)C3NC(C)=O)[C@H](O[C@]3(C(=O)O)CC(O)[C@@H](NC(C)=O)C([C@H](O)[C@H](O)CO)O3)C2O)[C@H](O)C1O)NC(=O)CCCCCCCCCCCCCCCCCCCCCCCCC. The molecule has 0 saturated carbocycles. The minimum Gasteiger partial charge on any atom is -0.477 e. The van der Waals surface area contributed by atoms with Gasteiger partial charge in [0.2, 0.25) is 23.6 Å². The van der Waals surface area contributed by atoms with Gasteiger partial charge in [0.1, 0.15) is 141 Å². The molecule has 0 bridgehead atoms. The van der Waals surface area contributed by atoms with Gasteiger partial charge in [0.25, 0.3) is 11.6 Å². The van der Waals surface area contributed by atoms with Crippen molar-refractivity contribution in [2.75, 3.05) is 46.2 Å². The number of carboxylic acids is 2. The first kappa shape index (κ1) is 122. The average molecular weight is 1990 g/mol. The van der Waals surface area contributed by atoms with Crippen LogP contribution in [0.2, 0.25) is 0 Å². The predicted octanol–water partition coefficient (Wildman–Crippen LogP) is -0.177. The van der Waals surface area contributed by atoms with Gasteiger partial charge in [0.05, 0.1) is 76.1 Å². The number of esters is 1. The van der Waals surface area contributed by atoms with Gasteiger partial charge in [0.15, 0.2) is 25.2 Å². The molecule has 34 atom stereocenters. The van der Waals surface area contributed by atoms with Crippen LogP contribution in [-0.4, -0.2) is 397 Å². The van der Waals surface area contributed by atoms with Crippen LogP contribution in [0.4, 0.5) is 0 Å². The number of allylic oxidation sites excluding steroid dienone is 1. The molecule has 0 spiro atoms. The topological polar surface area (TPSA) is 692 Å². The molecule has 0 aromatic rings. The second-order valence-corrected chi connectivity index (χ2v) is 37.7. The molecule has 6 heterocycles. The van der Waals surface area contributed by atoms with E-state index in [2.05, 4.69) is 35.1 Å². The van der Waals surface area contributed by atoms with Crippen molar-refractivity contribution in [1.82, 2.24) is 21.3 Å². The van der Waals surface area contributed by atoms with Crippen molar-refractivity contribution in [2.45, 2.75) is 493 Å². The molecule has 0 aromatic carbocycles. The summed E-state index contributed by atoms with van der Waals surface area (Å²) in [6.45, 7) is 0.327. The van der Waals surface area contributed by atoms with Crippen molar-refractivity contribution >= 4 is 41.5 Å². The van der Waals surface area contributed by atoms with Gasteiger partial charge in [-0.2, -0.15) is 0 Å². The Hall–Kier alpha value is -5.17. The molecule has 0 aliphatic carbocycles. The molecule has 6 aliphatic rings.